The van der Waals surface area contributed by atoms with Crippen LogP contribution in [0.1, 0.15) is 5.56 Å². The van der Waals surface area contributed by atoms with Crippen molar-refractivity contribution >= 4 is 17.4 Å². The zero-order chi connectivity index (χ0) is 10.7. The van der Waals surface area contributed by atoms with Gasteiger partial charge in [-0.25, -0.2) is 15.0 Å². The molecule has 5 heteroatoms. The first-order chi connectivity index (χ1) is 7.24. The highest BCUT2D eigenvalue weighted by atomic mass is 32.2. The molecule has 2 N–H and O–H groups in total. The van der Waals surface area contributed by atoms with Gasteiger partial charge in [-0.15, -0.1) is 0 Å². The molecular weight excluding hydrogens is 208 g/mol. The van der Waals surface area contributed by atoms with Crippen LogP contribution in [0.25, 0.3) is 0 Å². The number of aryl methyl sites for hydroxylation is 1. The minimum Gasteiger partial charge on any atom is -0.399 e. The fourth-order valence-electron chi connectivity index (χ4n) is 1.01. The standard InChI is InChI=1S/C10H10N4S/c1-7-5-13-10(14-6-7)15-9-4-8(11)2-3-12-9/h2-6H,1H3,(H2,11,12). The molecule has 0 aromatic carbocycles. The minimum atomic E-state index is 0.679. The third kappa shape index (κ3) is 2.66. The van der Waals surface area contributed by atoms with E-state index >= 15 is 0 Å². The average Bonchev–Trinajstić information content (AvgIpc) is 2.22. The molecule has 0 unspecified atom stereocenters. The highest BCUT2D eigenvalue weighted by molar-refractivity contribution is 7.99. The number of hydrogen-bond donors (Lipinski definition) is 1. The van der Waals surface area contributed by atoms with Gasteiger partial charge in [0.05, 0.1) is 0 Å². The highest BCUT2D eigenvalue weighted by Gasteiger charge is 2.01. The number of nitrogen functional groups attached to an aromatic ring is 1. The Bertz CT molecular complexity index is 455. The summed E-state index contributed by atoms with van der Waals surface area (Å²) >= 11 is 1.40. The number of anilines is 1. The maximum atomic E-state index is 5.64. The van der Waals surface area contributed by atoms with Gasteiger partial charge in [0.1, 0.15) is 5.03 Å². The van der Waals surface area contributed by atoms with E-state index in [1.807, 2.05) is 6.92 Å². The monoisotopic (exact) mass is 218 g/mol. The van der Waals surface area contributed by atoms with Crippen LogP contribution in [-0.2, 0) is 0 Å². The molecule has 2 aromatic rings. The fraction of sp³-hybridized carbons (Fsp3) is 0.100. The lowest BCUT2D eigenvalue weighted by Gasteiger charge is -1.99. The van der Waals surface area contributed by atoms with Gasteiger partial charge in [0, 0.05) is 24.3 Å². The molecule has 4 nitrogen and oxygen atoms in total. The Labute approximate surface area is 92.0 Å². The van der Waals surface area contributed by atoms with Crippen LogP contribution in [0.2, 0.25) is 0 Å². The van der Waals surface area contributed by atoms with E-state index in [2.05, 4.69) is 15.0 Å². The number of rotatable bonds is 2. The smallest absolute Gasteiger partial charge is 0.193 e. The molecule has 76 valence electrons. The van der Waals surface area contributed by atoms with Crippen molar-refractivity contribution in [3.63, 3.8) is 0 Å². The molecule has 0 radical (unpaired) electrons. The number of hydrogen-bond acceptors (Lipinski definition) is 5. The van der Waals surface area contributed by atoms with Gasteiger partial charge in [-0.3, -0.25) is 0 Å². The van der Waals surface area contributed by atoms with Crippen LogP contribution in [0.3, 0.4) is 0 Å². The van der Waals surface area contributed by atoms with Crippen LogP contribution in [0.5, 0.6) is 0 Å². The Kier molecular flexibility index (Phi) is 2.82. The number of aromatic nitrogens is 3. The summed E-state index contributed by atoms with van der Waals surface area (Å²) in [5.74, 6) is 0. The zero-order valence-corrected chi connectivity index (χ0v) is 9.03. The van der Waals surface area contributed by atoms with E-state index in [0.29, 0.717) is 10.8 Å². The van der Waals surface area contributed by atoms with Gasteiger partial charge in [-0.1, -0.05) is 0 Å². The normalized spacial score (nSPS) is 10.2. The lowest BCUT2D eigenvalue weighted by Crippen LogP contribution is -1.89. The van der Waals surface area contributed by atoms with Gasteiger partial charge >= 0.3 is 0 Å². The second kappa shape index (κ2) is 4.27. The average molecular weight is 218 g/mol. The first-order valence-corrected chi connectivity index (χ1v) is 5.24. The van der Waals surface area contributed by atoms with Gasteiger partial charge in [0.15, 0.2) is 5.16 Å². The summed E-state index contributed by atoms with van der Waals surface area (Å²) in [6.07, 6.45) is 5.23. The lowest BCUT2D eigenvalue weighted by molar-refractivity contribution is 0.945. The molecule has 2 aromatic heterocycles. The summed E-state index contributed by atoms with van der Waals surface area (Å²) < 4.78 is 0. The summed E-state index contributed by atoms with van der Waals surface area (Å²) in [6.45, 7) is 1.95. The molecule has 15 heavy (non-hydrogen) atoms. The third-order valence-electron chi connectivity index (χ3n) is 1.71. The number of nitrogens with zero attached hydrogens (tertiary/aromatic N) is 3. The van der Waals surface area contributed by atoms with E-state index in [9.17, 15) is 0 Å². The van der Waals surface area contributed by atoms with Gasteiger partial charge in [0.2, 0.25) is 0 Å². The Morgan fingerprint density at radius 3 is 2.60 bits per heavy atom. The Hall–Kier alpha value is -1.62. The van der Waals surface area contributed by atoms with Crippen LogP contribution in [-0.4, -0.2) is 15.0 Å². The highest BCUT2D eigenvalue weighted by Crippen LogP contribution is 2.23. The first-order valence-electron chi connectivity index (χ1n) is 4.42. The molecule has 0 bridgehead atoms. The molecular formula is C10H10N4S. The Morgan fingerprint density at radius 2 is 1.93 bits per heavy atom. The van der Waals surface area contributed by atoms with E-state index < -0.39 is 0 Å². The van der Waals surface area contributed by atoms with Crippen molar-refractivity contribution in [3.05, 3.63) is 36.3 Å². The summed E-state index contributed by atoms with van der Waals surface area (Å²) in [5, 5.41) is 1.48. The molecule has 0 atom stereocenters. The second-order valence-electron chi connectivity index (χ2n) is 3.07. The van der Waals surface area contributed by atoms with Crippen molar-refractivity contribution < 1.29 is 0 Å². The van der Waals surface area contributed by atoms with Crippen molar-refractivity contribution in [1.29, 1.82) is 0 Å². The molecule has 0 fully saturated rings. The molecule has 0 saturated carbocycles. The largest absolute Gasteiger partial charge is 0.399 e. The first kappa shape index (κ1) is 9.92. The molecule has 2 rings (SSSR count). The van der Waals surface area contributed by atoms with Gasteiger partial charge in [-0.05, 0) is 36.4 Å². The summed E-state index contributed by atoms with van der Waals surface area (Å²) in [6, 6.07) is 3.55. The number of nitrogens with two attached hydrogens (primary N) is 1. The molecule has 2 heterocycles. The van der Waals surface area contributed by atoms with E-state index in [1.54, 1.807) is 30.7 Å². The van der Waals surface area contributed by atoms with Gasteiger partial charge in [0.25, 0.3) is 0 Å². The minimum absolute atomic E-state index is 0.679. The predicted molar refractivity (Wildman–Crippen MR) is 59.5 cm³/mol. The van der Waals surface area contributed by atoms with Crippen LogP contribution in [0, 0.1) is 6.92 Å². The van der Waals surface area contributed by atoms with Crippen molar-refractivity contribution in [2.75, 3.05) is 5.73 Å². The zero-order valence-electron chi connectivity index (χ0n) is 8.21. The third-order valence-corrected chi connectivity index (χ3v) is 2.54. The maximum Gasteiger partial charge on any atom is 0.193 e. The molecule has 0 amide bonds. The van der Waals surface area contributed by atoms with Crippen LogP contribution < -0.4 is 5.73 Å². The predicted octanol–water partition coefficient (Wildman–Crippen LogP) is 1.91. The summed E-state index contributed by atoms with van der Waals surface area (Å²) in [5.41, 5.74) is 7.38. The quantitative estimate of drug-likeness (QED) is 0.780. The molecule has 0 aliphatic carbocycles. The number of pyridine rings is 1. The van der Waals surface area contributed by atoms with Crippen molar-refractivity contribution in [2.45, 2.75) is 17.1 Å². The molecule has 0 saturated heterocycles. The second-order valence-corrected chi connectivity index (χ2v) is 4.06. The van der Waals surface area contributed by atoms with E-state index in [1.165, 1.54) is 11.8 Å². The molecule has 0 aliphatic heterocycles. The Balaban J connectivity index is 2.18. The summed E-state index contributed by atoms with van der Waals surface area (Å²) in [7, 11) is 0. The molecule has 0 aliphatic rings. The maximum absolute atomic E-state index is 5.64. The van der Waals surface area contributed by atoms with Crippen molar-refractivity contribution in [1.82, 2.24) is 15.0 Å². The van der Waals surface area contributed by atoms with Gasteiger partial charge < -0.3 is 5.73 Å². The van der Waals surface area contributed by atoms with Crippen molar-refractivity contribution in [3.8, 4) is 0 Å². The van der Waals surface area contributed by atoms with E-state index in [4.69, 9.17) is 5.73 Å². The van der Waals surface area contributed by atoms with Crippen LogP contribution >= 0.6 is 11.8 Å². The Morgan fingerprint density at radius 1 is 1.20 bits per heavy atom. The topological polar surface area (TPSA) is 64.7 Å². The molecule has 0 spiro atoms. The van der Waals surface area contributed by atoms with Crippen LogP contribution in [0.15, 0.2) is 40.9 Å². The SMILES string of the molecule is Cc1cnc(Sc2cc(N)ccn2)nc1. The van der Waals surface area contributed by atoms with Gasteiger partial charge in [-0.2, -0.15) is 0 Å². The van der Waals surface area contributed by atoms with Crippen LogP contribution in [0.4, 0.5) is 5.69 Å². The lowest BCUT2D eigenvalue weighted by atomic mass is 10.4. The van der Waals surface area contributed by atoms with E-state index in [0.717, 1.165) is 10.6 Å². The fourth-order valence-corrected chi connectivity index (χ4v) is 1.71. The van der Waals surface area contributed by atoms with Crippen molar-refractivity contribution in [2.24, 2.45) is 0 Å². The van der Waals surface area contributed by atoms with E-state index in [-0.39, 0.29) is 0 Å². The summed E-state index contributed by atoms with van der Waals surface area (Å²) in [4.78, 5) is 12.5.